The maximum atomic E-state index is 12.3. The molecule has 0 saturated heterocycles. The third-order valence-electron chi connectivity index (χ3n) is 3.31. The number of nitrogens with one attached hydrogen (secondary N) is 1. The van der Waals surface area contributed by atoms with E-state index in [2.05, 4.69) is 5.32 Å². The molecule has 2 aromatic rings. The van der Waals surface area contributed by atoms with Gasteiger partial charge < -0.3 is 10.1 Å². The second kappa shape index (κ2) is 8.60. The molecule has 0 aliphatic heterocycles. The number of rotatable bonds is 7. The van der Waals surface area contributed by atoms with E-state index in [1.54, 1.807) is 13.2 Å². The van der Waals surface area contributed by atoms with Crippen LogP contribution in [0.2, 0.25) is 0 Å². The zero-order chi connectivity index (χ0) is 16.7. The first-order chi connectivity index (χ1) is 11.1. The van der Waals surface area contributed by atoms with Crippen molar-refractivity contribution in [3.05, 3.63) is 65.2 Å². The Balaban J connectivity index is 2.02. The van der Waals surface area contributed by atoms with E-state index < -0.39 is 10.8 Å². The zero-order valence-corrected chi connectivity index (χ0v) is 14.2. The van der Waals surface area contributed by atoms with Gasteiger partial charge in [-0.25, -0.2) is 0 Å². The third-order valence-corrected chi connectivity index (χ3v) is 4.59. The Morgan fingerprint density at radius 3 is 2.70 bits per heavy atom. The first-order valence-corrected chi connectivity index (χ1v) is 8.88. The molecule has 0 heterocycles. The van der Waals surface area contributed by atoms with Gasteiger partial charge in [-0.05, 0) is 36.8 Å². The van der Waals surface area contributed by atoms with Gasteiger partial charge in [0, 0.05) is 40.7 Å². The number of anilines is 1. The van der Waals surface area contributed by atoms with Gasteiger partial charge in [0.1, 0.15) is 0 Å². The first kappa shape index (κ1) is 17.4. The summed E-state index contributed by atoms with van der Waals surface area (Å²) in [5.41, 5.74) is 3.30. The van der Waals surface area contributed by atoms with Crippen LogP contribution in [0.4, 0.5) is 5.69 Å². The second-order valence-electron chi connectivity index (χ2n) is 5.31. The van der Waals surface area contributed by atoms with Crippen LogP contribution in [-0.4, -0.2) is 29.6 Å². The number of amides is 1. The fourth-order valence-corrected chi connectivity index (χ4v) is 3.21. The Morgan fingerprint density at radius 2 is 1.96 bits per heavy atom. The molecule has 0 saturated carbocycles. The van der Waals surface area contributed by atoms with Crippen LogP contribution >= 0.6 is 0 Å². The molecule has 1 atom stereocenters. The van der Waals surface area contributed by atoms with Gasteiger partial charge in [-0.1, -0.05) is 29.8 Å². The van der Waals surface area contributed by atoms with Gasteiger partial charge in [0.15, 0.2) is 0 Å². The van der Waals surface area contributed by atoms with Crippen LogP contribution in [-0.2, 0) is 21.3 Å². The molecule has 1 N–H and O–H groups in total. The van der Waals surface area contributed by atoms with Crippen LogP contribution in [0.1, 0.15) is 21.5 Å². The predicted molar refractivity (Wildman–Crippen MR) is 94.2 cm³/mol. The van der Waals surface area contributed by atoms with E-state index in [1.165, 1.54) is 0 Å². The number of hydrogen-bond donors (Lipinski definition) is 1. The summed E-state index contributed by atoms with van der Waals surface area (Å²) in [4.78, 5) is 12.3. The van der Waals surface area contributed by atoms with E-state index in [4.69, 9.17) is 4.74 Å². The summed E-state index contributed by atoms with van der Waals surface area (Å²) in [6.45, 7) is 2.43. The molecule has 0 radical (unpaired) electrons. The summed E-state index contributed by atoms with van der Waals surface area (Å²) in [5, 5.41) is 2.88. The number of carbonyl (C=O) groups excluding carboxylic acids is 1. The number of aryl methyl sites for hydroxylation is 1. The molecule has 0 bridgehead atoms. The van der Waals surface area contributed by atoms with Gasteiger partial charge >= 0.3 is 0 Å². The Bertz CT molecular complexity index is 700. The van der Waals surface area contributed by atoms with Crippen molar-refractivity contribution in [1.29, 1.82) is 0 Å². The molecule has 5 heteroatoms. The smallest absolute Gasteiger partial charge is 0.255 e. The van der Waals surface area contributed by atoms with Crippen molar-refractivity contribution in [2.45, 2.75) is 12.7 Å². The van der Waals surface area contributed by atoms with E-state index >= 15 is 0 Å². The highest BCUT2D eigenvalue weighted by molar-refractivity contribution is 7.84. The molecule has 4 nitrogen and oxygen atoms in total. The van der Waals surface area contributed by atoms with Crippen LogP contribution in [0, 0.1) is 6.92 Å². The number of ether oxygens (including phenoxy) is 1. The molecule has 122 valence electrons. The molecule has 0 unspecified atom stereocenters. The molecule has 23 heavy (non-hydrogen) atoms. The van der Waals surface area contributed by atoms with E-state index in [0.29, 0.717) is 29.4 Å². The fourth-order valence-electron chi connectivity index (χ4n) is 2.16. The quantitative estimate of drug-likeness (QED) is 0.848. The SMILES string of the molecule is COCC[S@](=O)Cc1cccc(NC(=O)c2cccc(C)c2)c1. The highest BCUT2D eigenvalue weighted by Crippen LogP contribution is 2.14. The highest BCUT2D eigenvalue weighted by Gasteiger charge is 2.07. The van der Waals surface area contributed by atoms with Crippen LogP contribution in [0.3, 0.4) is 0 Å². The maximum absolute atomic E-state index is 12.3. The van der Waals surface area contributed by atoms with E-state index in [1.807, 2.05) is 49.4 Å². The minimum Gasteiger partial charge on any atom is -0.384 e. The number of benzene rings is 2. The minimum absolute atomic E-state index is 0.147. The lowest BCUT2D eigenvalue weighted by molar-refractivity contribution is 0.102. The van der Waals surface area contributed by atoms with Gasteiger partial charge in [-0.3, -0.25) is 9.00 Å². The molecule has 0 spiro atoms. The van der Waals surface area contributed by atoms with Crippen molar-refractivity contribution < 1.29 is 13.7 Å². The normalized spacial score (nSPS) is 11.9. The average Bonchev–Trinajstić information content (AvgIpc) is 2.53. The molecule has 0 aliphatic rings. The Labute approximate surface area is 139 Å². The molecule has 0 aromatic heterocycles. The Hall–Kier alpha value is -1.98. The Morgan fingerprint density at radius 1 is 1.17 bits per heavy atom. The van der Waals surface area contributed by atoms with Crippen molar-refractivity contribution >= 4 is 22.4 Å². The standard InChI is InChI=1S/C18H21NO3S/c1-14-5-3-7-16(11-14)18(20)19-17-8-4-6-15(12-17)13-23(21)10-9-22-2/h3-8,11-12H,9-10,13H2,1-2H3,(H,19,20)/t23-/m0/s1. The lowest BCUT2D eigenvalue weighted by Gasteiger charge is -2.08. The highest BCUT2D eigenvalue weighted by atomic mass is 32.2. The first-order valence-electron chi connectivity index (χ1n) is 7.39. The largest absolute Gasteiger partial charge is 0.384 e. The summed E-state index contributed by atoms with van der Waals surface area (Å²) in [5.74, 6) is 0.819. The van der Waals surface area contributed by atoms with Crippen molar-refractivity contribution in [2.24, 2.45) is 0 Å². The number of methoxy groups -OCH3 is 1. The minimum atomic E-state index is -0.969. The lowest BCUT2D eigenvalue weighted by Crippen LogP contribution is -2.12. The van der Waals surface area contributed by atoms with Crippen LogP contribution in [0.25, 0.3) is 0 Å². The van der Waals surface area contributed by atoms with Crippen molar-refractivity contribution in [3.63, 3.8) is 0 Å². The summed E-state index contributed by atoms with van der Waals surface area (Å²) >= 11 is 0. The van der Waals surface area contributed by atoms with Gasteiger partial charge in [-0.2, -0.15) is 0 Å². The van der Waals surface area contributed by atoms with Crippen LogP contribution in [0.15, 0.2) is 48.5 Å². The number of carbonyl (C=O) groups is 1. The summed E-state index contributed by atoms with van der Waals surface area (Å²) in [6, 6.07) is 14.9. The molecule has 2 rings (SSSR count). The molecular formula is C18H21NO3S. The summed E-state index contributed by atoms with van der Waals surface area (Å²) in [7, 11) is 0.627. The molecule has 0 fully saturated rings. The lowest BCUT2D eigenvalue weighted by atomic mass is 10.1. The topological polar surface area (TPSA) is 55.4 Å². The summed E-state index contributed by atoms with van der Waals surface area (Å²) in [6.07, 6.45) is 0. The van der Waals surface area contributed by atoms with Gasteiger partial charge in [0.25, 0.3) is 5.91 Å². The molecular weight excluding hydrogens is 310 g/mol. The third kappa shape index (κ3) is 5.62. The molecule has 1 amide bonds. The van der Waals surface area contributed by atoms with Crippen LogP contribution < -0.4 is 5.32 Å². The molecule has 2 aromatic carbocycles. The van der Waals surface area contributed by atoms with Crippen molar-refractivity contribution in [3.8, 4) is 0 Å². The maximum Gasteiger partial charge on any atom is 0.255 e. The van der Waals surface area contributed by atoms with Gasteiger partial charge in [0.2, 0.25) is 0 Å². The van der Waals surface area contributed by atoms with E-state index in [9.17, 15) is 9.00 Å². The average molecular weight is 331 g/mol. The van der Waals surface area contributed by atoms with Crippen LogP contribution in [0.5, 0.6) is 0 Å². The van der Waals surface area contributed by atoms with Gasteiger partial charge in [0.05, 0.1) is 6.61 Å². The van der Waals surface area contributed by atoms with E-state index in [-0.39, 0.29) is 5.91 Å². The monoisotopic (exact) mass is 331 g/mol. The van der Waals surface area contributed by atoms with Gasteiger partial charge in [-0.15, -0.1) is 0 Å². The summed E-state index contributed by atoms with van der Waals surface area (Å²) < 4.78 is 16.8. The molecule has 0 aliphatic carbocycles. The zero-order valence-electron chi connectivity index (χ0n) is 13.4. The second-order valence-corrected chi connectivity index (χ2v) is 6.88. The predicted octanol–water partition coefficient (Wildman–Crippen LogP) is 3.14. The fraction of sp³-hybridized carbons (Fsp3) is 0.278. The number of hydrogen-bond acceptors (Lipinski definition) is 3. The van der Waals surface area contributed by atoms with E-state index in [0.717, 1.165) is 11.1 Å². The Kier molecular flexibility index (Phi) is 6.50. The van der Waals surface area contributed by atoms with Crippen molar-refractivity contribution in [2.75, 3.05) is 24.8 Å². The van der Waals surface area contributed by atoms with Crippen molar-refractivity contribution in [1.82, 2.24) is 0 Å².